The second-order valence-corrected chi connectivity index (χ2v) is 7.98. The van der Waals surface area contributed by atoms with E-state index in [1.54, 1.807) is 48.5 Å². The Hall–Kier alpha value is -4.10. The summed E-state index contributed by atoms with van der Waals surface area (Å²) < 4.78 is 21.6. The van der Waals surface area contributed by atoms with Gasteiger partial charge in [0.15, 0.2) is 5.38 Å². The van der Waals surface area contributed by atoms with Crippen LogP contribution in [0.15, 0.2) is 88.3 Å². The topological polar surface area (TPSA) is 92.0 Å². The molecule has 1 heterocycles. The molecule has 1 unspecified atom stereocenters. The zero-order valence-electron chi connectivity index (χ0n) is 18.7. The summed E-state index contributed by atoms with van der Waals surface area (Å²) in [7, 11) is 0. The van der Waals surface area contributed by atoms with Crippen molar-refractivity contribution >= 4 is 34.5 Å². The van der Waals surface area contributed by atoms with Gasteiger partial charge in [-0.05, 0) is 48.4 Å². The van der Waals surface area contributed by atoms with Crippen molar-refractivity contribution in [1.29, 1.82) is 0 Å². The number of carbonyl (C=O) groups excluding carboxylic acids is 2. The highest BCUT2D eigenvalue weighted by Gasteiger charge is 2.20. The predicted molar refractivity (Wildman–Crippen MR) is 130 cm³/mol. The minimum Gasteiger partial charge on any atom is -0.462 e. The van der Waals surface area contributed by atoms with E-state index in [0.29, 0.717) is 23.5 Å². The van der Waals surface area contributed by atoms with Crippen molar-refractivity contribution in [2.75, 3.05) is 6.61 Å². The molecule has 7 nitrogen and oxygen atoms in total. The lowest BCUT2D eigenvalue weighted by Crippen LogP contribution is -2.14. The van der Waals surface area contributed by atoms with Gasteiger partial charge in [-0.25, -0.2) is 9.59 Å². The van der Waals surface area contributed by atoms with Crippen LogP contribution in [-0.2, 0) is 9.53 Å². The maximum atomic E-state index is 12.9. The van der Waals surface area contributed by atoms with Gasteiger partial charge in [-0.2, -0.15) is 0 Å². The third kappa shape index (κ3) is 5.70. The van der Waals surface area contributed by atoms with Gasteiger partial charge in [-0.15, -0.1) is 11.6 Å². The number of hydrogen-bond acceptors (Lipinski definition) is 7. The summed E-state index contributed by atoms with van der Waals surface area (Å²) in [4.78, 5) is 37.2. The Kier molecular flexibility index (Phi) is 7.48. The molecule has 0 aliphatic heterocycles. The molecule has 0 N–H and O–H groups in total. The minimum atomic E-state index is -0.977. The van der Waals surface area contributed by atoms with Crippen LogP contribution >= 0.6 is 11.6 Å². The van der Waals surface area contributed by atoms with E-state index in [4.69, 9.17) is 30.2 Å². The van der Waals surface area contributed by atoms with Crippen molar-refractivity contribution in [3.8, 4) is 17.2 Å². The molecule has 0 bridgehead atoms. The molecule has 0 amide bonds. The Bertz CT molecular complexity index is 1390. The van der Waals surface area contributed by atoms with Gasteiger partial charge >= 0.3 is 11.9 Å². The molecule has 8 heteroatoms. The lowest BCUT2D eigenvalue weighted by atomic mass is 10.1. The maximum Gasteiger partial charge on any atom is 0.338 e. The summed E-state index contributed by atoms with van der Waals surface area (Å²) in [5.74, 6) is -0.575. The van der Waals surface area contributed by atoms with Gasteiger partial charge < -0.3 is 18.6 Å². The number of hydrogen-bond donors (Lipinski definition) is 0. The molecule has 0 saturated carbocycles. The van der Waals surface area contributed by atoms with E-state index in [1.807, 2.05) is 13.0 Å². The van der Waals surface area contributed by atoms with Crippen LogP contribution in [0.4, 0.5) is 0 Å². The van der Waals surface area contributed by atoms with Crippen molar-refractivity contribution in [3.05, 3.63) is 100 Å². The van der Waals surface area contributed by atoms with Crippen molar-refractivity contribution < 1.29 is 28.2 Å². The molecular formula is C27H21ClO7. The first-order valence-electron chi connectivity index (χ1n) is 10.9. The molecule has 0 fully saturated rings. The molecule has 1 aromatic heterocycles. The Morgan fingerprint density at radius 2 is 1.69 bits per heavy atom. The van der Waals surface area contributed by atoms with Crippen LogP contribution in [0.3, 0.4) is 0 Å². The maximum absolute atomic E-state index is 12.9. The normalized spacial score (nSPS) is 11.6. The first-order chi connectivity index (χ1) is 17.0. The van der Waals surface area contributed by atoms with Crippen molar-refractivity contribution in [1.82, 2.24) is 0 Å². The summed E-state index contributed by atoms with van der Waals surface area (Å²) in [5.41, 5.74) is 0.798. The Labute approximate surface area is 205 Å². The zero-order valence-corrected chi connectivity index (χ0v) is 19.5. The molecule has 3 aromatic carbocycles. The minimum absolute atomic E-state index is 0.0338. The predicted octanol–water partition coefficient (Wildman–Crippen LogP) is 6.04. The zero-order chi connectivity index (χ0) is 24.8. The van der Waals surface area contributed by atoms with E-state index in [-0.39, 0.29) is 22.5 Å². The van der Waals surface area contributed by atoms with E-state index in [2.05, 4.69) is 0 Å². The number of carbonyl (C=O) groups is 2. The molecular weight excluding hydrogens is 472 g/mol. The van der Waals surface area contributed by atoms with Crippen LogP contribution in [-0.4, -0.2) is 18.5 Å². The van der Waals surface area contributed by atoms with Gasteiger partial charge in [0.05, 0.1) is 17.6 Å². The average Bonchev–Trinajstić information content (AvgIpc) is 2.89. The molecule has 0 aliphatic carbocycles. The Balaban J connectivity index is 1.48. The summed E-state index contributed by atoms with van der Waals surface area (Å²) in [6.07, 6.45) is 1.91. The van der Waals surface area contributed by atoms with Crippen LogP contribution in [0.2, 0.25) is 0 Å². The molecule has 178 valence electrons. The first kappa shape index (κ1) is 24.0. The van der Waals surface area contributed by atoms with Crippen LogP contribution < -0.4 is 14.9 Å². The van der Waals surface area contributed by atoms with Gasteiger partial charge in [0.1, 0.15) is 23.3 Å². The fourth-order valence-corrected chi connectivity index (χ4v) is 3.41. The highest BCUT2D eigenvalue weighted by Crippen LogP contribution is 2.27. The van der Waals surface area contributed by atoms with E-state index in [1.165, 1.54) is 24.5 Å². The number of alkyl halides is 1. The average molecular weight is 493 g/mol. The molecule has 1 atom stereocenters. The number of ether oxygens (including phenoxy) is 3. The SMILES string of the molecule is CCCOC(=O)c1ccc(Oc2coc3cc(OC(=O)C(Cl)c4ccccc4)ccc3c2=O)cc1. The molecule has 4 aromatic rings. The molecule has 0 spiro atoms. The smallest absolute Gasteiger partial charge is 0.338 e. The highest BCUT2D eigenvalue weighted by molar-refractivity contribution is 6.30. The second kappa shape index (κ2) is 10.9. The molecule has 0 aliphatic rings. The molecule has 4 rings (SSSR count). The number of esters is 2. The van der Waals surface area contributed by atoms with E-state index < -0.39 is 22.7 Å². The summed E-state index contributed by atoms with van der Waals surface area (Å²) in [6.45, 7) is 2.25. The lowest BCUT2D eigenvalue weighted by molar-refractivity contribution is -0.134. The summed E-state index contributed by atoms with van der Waals surface area (Å²) in [6, 6.07) is 19.4. The van der Waals surface area contributed by atoms with E-state index in [0.717, 1.165) is 6.42 Å². The first-order valence-corrected chi connectivity index (χ1v) is 11.3. The van der Waals surface area contributed by atoms with Gasteiger partial charge in [0.25, 0.3) is 0 Å². The Morgan fingerprint density at radius 3 is 2.40 bits per heavy atom. The van der Waals surface area contributed by atoms with Gasteiger partial charge in [-0.1, -0.05) is 37.3 Å². The van der Waals surface area contributed by atoms with Gasteiger partial charge in [-0.3, -0.25) is 4.79 Å². The van der Waals surface area contributed by atoms with Crippen molar-refractivity contribution in [2.24, 2.45) is 0 Å². The number of benzene rings is 3. The third-order valence-electron chi connectivity index (χ3n) is 4.99. The summed E-state index contributed by atoms with van der Waals surface area (Å²) in [5, 5.41) is -0.734. The molecule has 0 radical (unpaired) electrons. The number of fused-ring (bicyclic) bond motifs is 1. The molecule has 0 saturated heterocycles. The standard InChI is InChI=1S/C27H21ClO7/c1-2-14-32-26(30)18-8-10-19(11-9-18)34-23-16-33-22-15-20(12-13-21(22)25(23)29)35-27(31)24(28)17-6-4-3-5-7-17/h3-13,15-16,24H,2,14H2,1H3. The third-order valence-corrected chi connectivity index (χ3v) is 5.42. The quantitative estimate of drug-likeness (QED) is 0.168. The number of halogens is 1. The fourth-order valence-electron chi connectivity index (χ4n) is 3.21. The highest BCUT2D eigenvalue weighted by atomic mass is 35.5. The fraction of sp³-hybridized carbons (Fsp3) is 0.148. The largest absolute Gasteiger partial charge is 0.462 e. The van der Waals surface area contributed by atoms with Crippen LogP contribution in [0.1, 0.15) is 34.6 Å². The van der Waals surface area contributed by atoms with Crippen molar-refractivity contribution in [2.45, 2.75) is 18.7 Å². The monoisotopic (exact) mass is 492 g/mol. The van der Waals surface area contributed by atoms with Crippen molar-refractivity contribution in [3.63, 3.8) is 0 Å². The van der Waals surface area contributed by atoms with Crippen LogP contribution in [0.5, 0.6) is 17.2 Å². The summed E-state index contributed by atoms with van der Waals surface area (Å²) >= 11 is 6.21. The van der Waals surface area contributed by atoms with E-state index >= 15 is 0 Å². The van der Waals surface area contributed by atoms with E-state index in [9.17, 15) is 14.4 Å². The lowest BCUT2D eigenvalue weighted by Gasteiger charge is -2.10. The van der Waals surface area contributed by atoms with Crippen LogP contribution in [0, 0.1) is 0 Å². The second-order valence-electron chi connectivity index (χ2n) is 7.54. The van der Waals surface area contributed by atoms with Gasteiger partial charge in [0.2, 0.25) is 11.2 Å². The van der Waals surface area contributed by atoms with Gasteiger partial charge in [0, 0.05) is 6.07 Å². The van der Waals surface area contributed by atoms with Crippen LogP contribution in [0.25, 0.3) is 11.0 Å². The number of rotatable bonds is 8. The molecule has 35 heavy (non-hydrogen) atoms. The Morgan fingerprint density at radius 1 is 0.971 bits per heavy atom.